The zero-order valence-corrected chi connectivity index (χ0v) is 25.9. The maximum Gasteiger partial charge on any atom is 0.217 e. The zero-order chi connectivity index (χ0) is 28.9. The van der Waals surface area contributed by atoms with Crippen molar-refractivity contribution in [3.05, 3.63) is 68.8 Å². The van der Waals surface area contributed by atoms with Crippen molar-refractivity contribution in [2.75, 3.05) is 18.0 Å². The van der Waals surface area contributed by atoms with Crippen molar-refractivity contribution in [1.82, 2.24) is 15.6 Å². The van der Waals surface area contributed by atoms with Crippen LogP contribution in [0.1, 0.15) is 46.1 Å². The first-order valence-corrected chi connectivity index (χ1v) is 14.5. The van der Waals surface area contributed by atoms with Crippen LogP contribution in [-0.2, 0) is 15.1 Å². The van der Waals surface area contributed by atoms with Gasteiger partial charge in [0.2, 0.25) is 11.8 Å². The van der Waals surface area contributed by atoms with E-state index in [9.17, 15) is 9.59 Å². The summed E-state index contributed by atoms with van der Waals surface area (Å²) in [5.74, 6) is 1.07. The molecule has 1 aliphatic rings. The monoisotopic (exact) mass is 673 g/mol. The molecule has 3 aromatic rings. The van der Waals surface area contributed by atoms with Crippen molar-refractivity contribution in [2.24, 2.45) is 4.99 Å². The second-order valence-electron chi connectivity index (χ2n) is 10.3. The number of hydrogen-bond donors (Lipinski definition) is 2. The fraction of sp³-hybridized carbons (Fsp3) is 0.333. The molecule has 4 rings (SSSR count). The van der Waals surface area contributed by atoms with E-state index >= 15 is 0 Å². The number of anilines is 1. The zero-order valence-electron chi connectivity index (χ0n) is 23.0. The highest BCUT2D eigenvalue weighted by atomic mass is 127. The van der Waals surface area contributed by atoms with Gasteiger partial charge >= 0.3 is 0 Å². The Bertz CT molecular complexity index is 1390. The molecule has 0 spiro atoms. The number of aliphatic imine (C=N–C) groups is 1. The molecule has 2 heterocycles. The summed E-state index contributed by atoms with van der Waals surface area (Å²) in [5.41, 5.74) is 3.15. The smallest absolute Gasteiger partial charge is 0.217 e. The predicted octanol–water partition coefficient (Wildman–Crippen LogP) is 6.22. The van der Waals surface area contributed by atoms with Crippen LogP contribution >= 0.6 is 34.2 Å². The first-order chi connectivity index (χ1) is 19.0. The molecule has 1 aliphatic heterocycles. The van der Waals surface area contributed by atoms with Gasteiger partial charge in [-0.15, -0.1) is 0 Å². The van der Waals surface area contributed by atoms with Crippen molar-refractivity contribution in [3.63, 3.8) is 0 Å². The normalized spacial score (nSPS) is 14.3. The minimum atomic E-state index is -0.485. The number of ether oxygens (including phenoxy) is 1. The highest BCUT2D eigenvalue weighted by Crippen LogP contribution is 2.33. The van der Waals surface area contributed by atoms with Gasteiger partial charge in [-0.2, -0.15) is 4.99 Å². The molecule has 1 fully saturated rings. The van der Waals surface area contributed by atoms with E-state index in [1.807, 2.05) is 56.3 Å². The molecule has 2 amide bonds. The first-order valence-electron chi connectivity index (χ1n) is 13.1. The Labute approximate surface area is 253 Å². The number of nitrogens with zero attached hydrogens (tertiary/aromatic N) is 3. The fourth-order valence-electron chi connectivity index (χ4n) is 4.75. The Balaban J connectivity index is 1.42. The number of rotatable bonds is 8. The Hall–Kier alpha value is -3.18. The van der Waals surface area contributed by atoms with Crippen LogP contribution in [0.25, 0.3) is 11.3 Å². The maximum atomic E-state index is 11.5. The molecule has 8 nitrogen and oxygen atoms in total. The van der Waals surface area contributed by atoms with E-state index in [4.69, 9.17) is 21.3 Å². The van der Waals surface area contributed by atoms with E-state index in [0.29, 0.717) is 22.3 Å². The standard InChI is InChI=1S/C30H33ClIN5O3/c1-19(38)34-23-13-15-37(16-14-23)24-9-5-21(6-10-24)28-26(31)17-27(32)29(35-28)33-18-40-25-11-7-22(8-12-25)30(3,4)36-20(2)39/h5-12,17-18,23H,13-16H2,1-4H3,(H,34,38)(H,36,39)/b33-18+. The number of piperidine rings is 1. The van der Waals surface area contributed by atoms with Gasteiger partial charge in [-0.05, 0) is 85.2 Å². The van der Waals surface area contributed by atoms with Crippen LogP contribution in [0.15, 0.2) is 59.6 Å². The van der Waals surface area contributed by atoms with Crippen LogP contribution in [0.2, 0.25) is 5.02 Å². The lowest BCUT2D eigenvalue weighted by molar-refractivity contribution is -0.121. The van der Waals surface area contributed by atoms with E-state index in [1.165, 1.54) is 13.3 Å². The van der Waals surface area contributed by atoms with Gasteiger partial charge in [0.1, 0.15) is 5.75 Å². The summed E-state index contributed by atoms with van der Waals surface area (Å²) < 4.78 is 6.52. The molecule has 0 saturated carbocycles. The summed E-state index contributed by atoms with van der Waals surface area (Å²) in [7, 11) is 0. The Morgan fingerprint density at radius 3 is 2.33 bits per heavy atom. The lowest BCUT2D eigenvalue weighted by Gasteiger charge is -2.33. The van der Waals surface area contributed by atoms with Gasteiger partial charge in [-0.25, -0.2) is 4.98 Å². The van der Waals surface area contributed by atoms with E-state index < -0.39 is 5.54 Å². The lowest BCUT2D eigenvalue weighted by atomic mass is 9.94. The van der Waals surface area contributed by atoms with Crippen LogP contribution in [-0.4, -0.2) is 42.3 Å². The molecular weight excluding hydrogens is 641 g/mol. The van der Waals surface area contributed by atoms with Crippen molar-refractivity contribution in [3.8, 4) is 17.0 Å². The second-order valence-corrected chi connectivity index (χ2v) is 11.9. The topological polar surface area (TPSA) is 95.9 Å². The van der Waals surface area contributed by atoms with E-state index in [1.54, 1.807) is 6.92 Å². The van der Waals surface area contributed by atoms with E-state index in [2.05, 4.69) is 55.2 Å². The third-order valence-electron chi connectivity index (χ3n) is 6.75. The van der Waals surface area contributed by atoms with Crippen molar-refractivity contribution in [1.29, 1.82) is 0 Å². The molecule has 0 aliphatic carbocycles. The Morgan fingerprint density at radius 2 is 1.73 bits per heavy atom. The summed E-state index contributed by atoms with van der Waals surface area (Å²) >= 11 is 8.73. The van der Waals surface area contributed by atoms with Gasteiger partial charge in [-0.1, -0.05) is 35.9 Å². The van der Waals surface area contributed by atoms with Crippen LogP contribution in [0.4, 0.5) is 11.5 Å². The maximum absolute atomic E-state index is 11.5. The van der Waals surface area contributed by atoms with Crippen molar-refractivity contribution >= 4 is 63.9 Å². The number of nitrogens with one attached hydrogen (secondary N) is 2. The van der Waals surface area contributed by atoms with E-state index in [-0.39, 0.29) is 17.9 Å². The van der Waals surface area contributed by atoms with Gasteiger partial charge in [0.25, 0.3) is 0 Å². The third-order valence-corrected chi connectivity index (χ3v) is 7.83. The summed E-state index contributed by atoms with van der Waals surface area (Å²) in [6, 6.07) is 17.8. The van der Waals surface area contributed by atoms with Gasteiger partial charge in [0.05, 0.1) is 19.8 Å². The minimum Gasteiger partial charge on any atom is -0.446 e. The van der Waals surface area contributed by atoms with Gasteiger partial charge in [-0.3, -0.25) is 9.59 Å². The largest absolute Gasteiger partial charge is 0.446 e. The fourth-order valence-corrected chi connectivity index (χ4v) is 5.76. The van der Waals surface area contributed by atoms with Crippen LogP contribution < -0.4 is 20.3 Å². The summed E-state index contributed by atoms with van der Waals surface area (Å²) in [4.78, 5) is 34.3. The van der Waals surface area contributed by atoms with Gasteiger partial charge in [0, 0.05) is 44.2 Å². The Kier molecular flexibility index (Phi) is 9.68. The average Bonchev–Trinajstić information content (AvgIpc) is 2.90. The molecular formula is C30H33ClIN5O3. The molecule has 40 heavy (non-hydrogen) atoms. The number of pyridine rings is 1. The average molecular weight is 674 g/mol. The minimum absolute atomic E-state index is 0.0259. The summed E-state index contributed by atoms with van der Waals surface area (Å²) in [5, 5.41) is 6.50. The summed E-state index contributed by atoms with van der Waals surface area (Å²) in [6.45, 7) is 8.74. The summed E-state index contributed by atoms with van der Waals surface area (Å²) in [6.07, 6.45) is 3.22. The van der Waals surface area contributed by atoms with E-state index in [0.717, 1.165) is 46.3 Å². The number of amides is 2. The molecule has 0 bridgehead atoms. The molecule has 2 N–H and O–H groups in total. The predicted molar refractivity (Wildman–Crippen MR) is 169 cm³/mol. The second kappa shape index (κ2) is 13.0. The highest BCUT2D eigenvalue weighted by molar-refractivity contribution is 14.1. The number of aromatic nitrogens is 1. The third kappa shape index (κ3) is 7.72. The number of halogens is 2. The molecule has 0 unspecified atom stereocenters. The molecule has 0 atom stereocenters. The number of hydrogen-bond acceptors (Lipinski definition) is 6. The quantitative estimate of drug-likeness (QED) is 0.168. The molecule has 10 heteroatoms. The van der Waals surface area contributed by atoms with Crippen LogP contribution in [0, 0.1) is 3.57 Å². The van der Waals surface area contributed by atoms with Crippen molar-refractivity contribution in [2.45, 2.75) is 52.1 Å². The first kappa shape index (κ1) is 29.8. The van der Waals surface area contributed by atoms with Gasteiger partial charge < -0.3 is 20.3 Å². The number of benzene rings is 2. The van der Waals surface area contributed by atoms with Gasteiger partial charge in [0.15, 0.2) is 12.2 Å². The Morgan fingerprint density at radius 1 is 1.07 bits per heavy atom. The lowest BCUT2D eigenvalue weighted by Crippen LogP contribution is -2.44. The number of carbonyl (C=O) groups is 2. The van der Waals surface area contributed by atoms with Crippen LogP contribution in [0.5, 0.6) is 5.75 Å². The molecule has 210 valence electrons. The highest BCUT2D eigenvalue weighted by Gasteiger charge is 2.22. The molecule has 2 aromatic carbocycles. The molecule has 1 saturated heterocycles. The number of carbonyl (C=O) groups excluding carboxylic acids is 2. The molecule has 0 radical (unpaired) electrons. The van der Waals surface area contributed by atoms with Crippen molar-refractivity contribution < 1.29 is 14.3 Å². The molecule has 1 aromatic heterocycles. The SMILES string of the molecule is CC(=O)NC1CCN(c2ccc(-c3nc(/N=C/Oc4ccc(C(C)(C)NC(C)=O)cc4)c(I)cc3Cl)cc2)CC1. The van der Waals surface area contributed by atoms with Crippen LogP contribution in [0.3, 0.4) is 0 Å².